The van der Waals surface area contributed by atoms with Gasteiger partial charge in [0.2, 0.25) is 5.89 Å². The second-order valence-corrected chi connectivity index (χ2v) is 7.06. The SMILES string of the molecule is OC(CCCCCc1ccccc1)c1nc2ncc(-c3ccccc3)cc2o1. The van der Waals surface area contributed by atoms with Crippen LogP contribution in [0.1, 0.15) is 43.2 Å². The van der Waals surface area contributed by atoms with Crippen molar-refractivity contribution in [2.45, 2.75) is 38.2 Å². The molecule has 0 saturated heterocycles. The van der Waals surface area contributed by atoms with Crippen LogP contribution in [0.3, 0.4) is 0 Å². The molecule has 0 bridgehead atoms. The summed E-state index contributed by atoms with van der Waals surface area (Å²) < 4.78 is 5.79. The second-order valence-electron chi connectivity index (χ2n) is 7.06. The maximum Gasteiger partial charge on any atom is 0.225 e. The lowest BCUT2D eigenvalue weighted by atomic mass is 10.0. The van der Waals surface area contributed by atoms with E-state index in [2.05, 4.69) is 34.2 Å². The molecule has 142 valence electrons. The Morgan fingerprint density at radius 1 is 0.857 bits per heavy atom. The van der Waals surface area contributed by atoms with E-state index in [0.29, 0.717) is 23.5 Å². The Kier molecular flexibility index (Phi) is 5.78. The first-order valence-electron chi connectivity index (χ1n) is 9.83. The molecule has 2 heterocycles. The van der Waals surface area contributed by atoms with Crippen LogP contribution >= 0.6 is 0 Å². The van der Waals surface area contributed by atoms with Gasteiger partial charge in [-0.3, -0.25) is 0 Å². The standard InChI is InChI=1S/C24H24N2O2/c27-21(15-9-2-6-12-18-10-4-1-5-11-18)24-26-23-22(28-24)16-20(17-25-23)19-13-7-3-8-14-19/h1,3-5,7-8,10-11,13-14,16-17,21,27H,2,6,9,12,15H2. The third-order valence-electron chi connectivity index (χ3n) is 4.94. The number of aromatic nitrogens is 2. The molecule has 1 unspecified atom stereocenters. The third kappa shape index (κ3) is 4.46. The van der Waals surface area contributed by atoms with Crippen LogP contribution in [0, 0.1) is 0 Å². The number of hydrogen-bond acceptors (Lipinski definition) is 4. The van der Waals surface area contributed by atoms with E-state index in [1.165, 1.54) is 5.56 Å². The van der Waals surface area contributed by atoms with Gasteiger partial charge in [-0.05, 0) is 36.5 Å². The summed E-state index contributed by atoms with van der Waals surface area (Å²) >= 11 is 0. The highest BCUT2D eigenvalue weighted by atomic mass is 16.4. The van der Waals surface area contributed by atoms with Gasteiger partial charge in [0, 0.05) is 11.8 Å². The van der Waals surface area contributed by atoms with Gasteiger partial charge in [0.05, 0.1) is 0 Å². The summed E-state index contributed by atoms with van der Waals surface area (Å²) in [5.74, 6) is 0.357. The maximum atomic E-state index is 10.4. The topological polar surface area (TPSA) is 59.2 Å². The number of fused-ring (bicyclic) bond motifs is 1. The first kappa shape index (κ1) is 18.4. The Morgan fingerprint density at radius 3 is 2.39 bits per heavy atom. The van der Waals surface area contributed by atoms with Crippen molar-refractivity contribution >= 4 is 11.2 Å². The molecule has 4 nitrogen and oxygen atoms in total. The molecule has 4 aromatic rings. The lowest BCUT2D eigenvalue weighted by molar-refractivity contribution is 0.133. The van der Waals surface area contributed by atoms with Gasteiger partial charge in [0.25, 0.3) is 0 Å². The molecule has 0 spiro atoms. The van der Waals surface area contributed by atoms with Crippen LogP contribution in [-0.2, 0) is 6.42 Å². The molecular weight excluding hydrogens is 348 g/mol. The van der Waals surface area contributed by atoms with Crippen molar-refractivity contribution in [1.82, 2.24) is 9.97 Å². The molecular formula is C24H24N2O2. The fourth-order valence-corrected chi connectivity index (χ4v) is 3.38. The summed E-state index contributed by atoms with van der Waals surface area (Å²) in [7, 11) is 0. The number of benzene rings is 2. The third-order valence-corrected chi connectivity index (χ3v) is 4.94. The van der Waals surface area contributed by atoms with Crippen LogP contribution in [0.5, 0.6) is 0 Å². The van der Waals surface area contributed by atoms with Gasteiger partial charge >= 0.3 is 0 Å². The summed E-state index contributed by atoms with van der Waals surface area (Å²) in [6.45, 7) is 0. The minimum atomic E-state index is -0.689. The largest absolute Gasteiger partial charge is 0.436 e. The summed E-state index contributed by atoms with van der Waals surface area (Å²) in [6.07, 6.45) is 5.95. The number of hydrogen-bond donors (Lipinski definition) is 1. The van der Waals surface area contributed by atoms with Gasteiger partial charge in [0.15, 0.2) is 11.2 Å². The van der Waals surface area contributed by atoms with E-state index >= 15 is 0 Å². The molecule has 2 aromatic heterocycles. The number of rotatable bonds is 8. The van der Waals surface area contributed by atoms with Crippen molar-refractivity contribution in [3.05, 3.63) is 84.4 Å². The van der Waals surface area contributed by atoms with Crippen molar-refractivity contribution in [2.24, 2.45) is 0 Å². The monoisotopic (exact) mass is 372 g/mol. The van der Waals surface area contributed by atoms with Crippen LogP contribution in [0.15, 0.2) is 77.3 Å². The second kappa shape index (κ2) is 8.81. The Morgan fingerprint density at radius 2 is 1.61 bits per heavy atom. The van der Waals surface area contributed by atoms with Crippen molar-refractivity contribution in [3.63, 3.8) is 0 Å². The van der Waals surface area contributed by atoms with Crippen LogP contribution in [-0.4, -0.2) is 15.1 Å². The molecule has 1 N–H and O–H groups in total. The highest BCUT2D eigenvalue weighted by Crippen LogP contribution is 2.26. The van der Waals surface area contributed by atoms with E-state index in [9.17, 15) is 5.11 Å². The maximum absolute atomic E-state index is 10.4. The van der Waals surface area contributed by atoms with Gasteiger partial charge in [0.1, 0.15) is 6.10 Å². The minimum absolute atomic E-state index is 0.357. The van der Waals surface area contributed by atoms with Gasteiger partial charge in [-0.25, -0.2) is 4.98 Å². The van der Waals surface area contributed by atoms with Gasteiger partial charge in [-0.15, -0.1) is 0 Å². The zero-order valence-corrected chi connectivity index (χ0v) is 15.8. The molecule has 4 rings (SSSR count). The Labute approximate surface area is 164 Å². The number of aliphatic hydroxyl groups excluding tert-OH is 1. The molecule has 2 aromatic carbocycles. The number of pyridine rings is 1. The predicted molar refractivity (Wildman–Crippen MR) is 111 cm³/mol. The number of oxazole rings is 1. The Hall–Kier alpha value is -2.98. The zero-order chi connectivity index (χ0) is 19.2. The van der Waals surface area contributed by atoms with Crippen molar-refractivity contribution in [3.8, 4) is 11.1 Å². The van der Waals surface area contributed by atoms with Gasteiger partial charge in [-0.1, -0.05) is 73.5 Å². The van der Waals surface area contributed by atoms with Gasteiger partial charge < -0.3 is 9.52 Å². The van der Waals surface area contributed by atoms with Gasteiger partial charge in [-0.2, -0.15) is 4.98 Å². The Balaban J connectivity index is 1.33. The average Bonchev–Trinajstić information content (AvgIpc) is 3.18. The van der Waals surface area contributed by atoms with Crippen LogP contribution < -0.4 is 0 Å². The van der Waals surface area contributed by atoms with E-state index in [1.807, 2.05) is 42.5 Å². The number of nitrogens with zero attached hydrogens (tertiary/aromatic N) is 2. The summed E-state index contributed by atoms with van der Waals surface area (Å²) in [4.78, 5) is 8.75. The molecule has 0 fully saturated rings. The van der Waals surface area contributed by atoms with Crippen LogP contribution in [0.2, 0.25) is 0 Å². The molecule has 0 aliphatic carbocycles. The smallest absolute Gasteiger partial charge is 0.225 e. The van der Waals surface area contributed by atoms with E-state index in [0.717, 1.165) is 36.8 Å². The van der Waals surface area contributed by atoms with Crippen molar-refractivity contribution in [1.29, 1.82) is 0 Å². The molecule has 0 aliphatic rings. The number of unbranched alkanes of at least 4 members (excludes halogenated alkanes) is 2. The lowest BCUT2D eigenvalue weighted by Crippen LogP contribution is -1.98. The van der Waals surface area contributed by atoms with E-state index < -0.39 is 6.10 Å². The first-order valence-corrected chi connectivity index (χ1v) is 9.83. The molecule has 0 amide bonds. The van der Waals surface area contributed by atoms with Crippen LogP contribution in [0.25, 0.3) is 22.4 Å². The van der Waals surface area contributed by atoms with E-state index in [1.54, 1.807) is 6.20 Å². The summed E-state index contributed by atoms with van der Waals surface area (Å²) in [5, 5.41) is 10.4. The molecule has 0 saturated carbocycles. The van der Waals surface area contributed by atoms with E-state index in [4.69, 9.17) is 4.42 Å². The Bertz CT molecular complexity index is 1010. The fourth-order valence-electron chi connectivity index (χ4n) is 3.38. The van der Waals surface area contributed by atoms with E-state index in [-0.39, 0.29) is 0 Å². The summed E-state index contributed by atoms with van der Waals surface area (Å²) in [6, 6.07) is 22.5. The minimum Gasteiger partial charge on any atom is -0.436 e. The van der Waals surface area contributed by atoms with Crippen LogP contribution in [0.4, 0.5) is 0 Å². The number of aryl methyl sites for hydroxylation is 1. The average molecular weight is 372 g/mol. The molecule has 1 atom stereocenters. The lowest BCUT2D eigenvalue weighted by Gasteiger charge is -2.06. The number of aliphatic hydroxyl groups is 1. The normalized spacial score (nSPS) is 12.3. The first-order chi connectivity index (χ1) is 13.8. The fraction of sp³-hybridized carbons (Fsp3) is 0.250. The highest BCUT2D eigenvalue weighted by Gasteiger charge is 2.16. The summed E-state index contributed by atoms with van der Waals surface area (Å²) in [5.41, 5.74) is 4.57. The molecule has 4 heteroatoms. The zero-order valence-electron chi connectivity index (χ0n) is 15.8. The molecule has 28 heavy (non-hydrogen) atoms. The molecule has 0 aliphatic heterocycles. The van der Waals surface area contributed by atoms with Crippen molar-refractivity contribution < 1.29 is 9.52 Å². The quantitative estimate of drug-likeness (QED) is 0.402. The highest BCUT2D eigenvalue weighted by molar-refractivity contribution is 5.76. The van der Waals surface area contributed by atoms with Crippen molar-refractivity contribution in [2.75, 3.05) is 0 Å². The molecule has 0 radical (unpaired) electrons. The predicted octanol–water partition coefficient (Wildman–Crippen LogP) is 5.73.